The number of carbonyl (C=O) groups excluding carboxylic acids is 1. The van der Waals surface area contributed by atoms with Crippen molar-refractivity contribution in [1.29, 1.82) is 0 Å². The molecule has 2 aromatic rings. The largest absolute Gasteiger partial charge is 0.459 e. The summed E-state index contributed by atoms with van der Waals surface area (Å²) in [5, 5.41) is 8.21. The van der Waals surface area contributed by atoms with E-state index in [2.05, 4.69) is 41.5 Å². The van der Waals surface area contributed by atoms with E-state index in [1.807, 2.05) is 20.8 Å². The van der Waals surface area contributed by atoms with Crippen molar-refractivity contribution in [1.82, 2.24) is 15.0 Å². The minimum atomic E-state index is -0.494. The lowest BCUT2D eigenvalue weighted by atomic mass is 10.0. The molecular weight excluding hydrogens is 338 g/mol. The standard InChI is InChI=1S/C22H33N3O2/c1-5-6-7-8-9-10-11-18-12-14-19(15-13-18)20-16-25(24-23-20)17-21(26)27-22(2,3)4/h12-16H,5-11,17H2,1-4H3. The molecule has 0 N–H and O–H groups in total. The highest BCUT2D eigenvalue weighted by molar-refractivity contribution is 5.69. The fourth-order valence-electron chi connectivity index (χ4n) is 2.97. The Kier molecular flexibility index (Phi) is 8.01. The van der Waals surface area contributed by atoms with Crippen LogP contribution in [0.4, 0.5) is 0 Å². The Morgan fingerprint density at radius 1 is 1.04 bits per heavy atom. The number of aromatic nitrogens is 3. The maximum absolute atomic E-state index is 11.9. The number of hydrogen-bond acceptors (Lipinski definition) is 4. The summed E-state index contributed by atoms with van der Waals surface area (Å²) in [4.78, 5) is 11.9. The molecule has 0 bridgehead atoms. The van der Waals surface area contributed by atoms with Crippen LogP contribution in [0.1, 0.15) is 71.8 Å². The lowest BCUT2D eigenvalue weighted by Gasteiger charge is -2.19. The summed E-state index contributed by atoms with van der Waals surface area (Å²) in [5.41, 5.74) is 2.64. The second-order valence-corrected chi connectivity index (χ2v) is 8.10. The topological polar surface area (TPSA) is 57.0 Å². The van der Waals surface area contributed by atoms with Gasteiger partial charge < -0.3 is 4.74 Å². The molecular formula is C22H33N3O2. The smallest absolute Gasteiger partial charge is 0.328 e. The van der Waals surface area contributed by atoms with Crippen LogP contribution in [0.15, 0.2) is 30.5 Å². The van der Waals surface area contributed by atoms with E-state index in [1.54, 1.807) is 6.20 Å². The number of carbonyl (C=O) groups is 1. The molecule has 0 saturated heterocycles. The molecule has 0 amide bonds. The molecule has 0 aliphatic rings. The average molecular weight is 372 g/mol. The summed E-state index contributed by atoms with van der Waals surface area (Å²) in [6, 6.07) is 8.48. The van der Waals surface area contributed by atoms with Crippen molar-refractivity contribution < 1.29 is 9.53 Å². The van der Waals surface area contributed by atoms with Gasteiger partial charge in [0, 0.05) is 5.56 Å². The van der Waals surface area contributed by atoms with E-state index in [4.69, 9.17) is 4.74 Å². The molecule has 1 aromatic heterocycles. The van der Waals surface area contributed by atoms with Crippen molar-refractivity contribution in [2.24, 2.45) is 0 Å². The SMILES string of the molecule is CCCCCCCCc1ccc(-c2cn(CC(=O)OC(C)(C)C)nn2)cc1. The summed E-state index contributed by atoms with van der Waals surface area (Å²) in [6.07, 6.45) is 10.8. The Bertz CT molecular complexity index is 699. The van der Waals surface area contributed by atoms with E-state index in [0.29, 0.717) is 0 Å². The number of hydrogen-bond donors (Lipinski definition) is 0. The lowest BCUT2D eigenvalue weighted by molar-refractivity contribution is -0.155. The number of esters is 1. The third-order valence-electron chi connectivity index (χ3n) is 4.32. The highest BCUT2D eigenvalue weighted by Gasteiger charge is 2.17. The normalized spacial score (nSPS) is 11.6. The minimum absolute atomic E-state index is 0.0698. The van der Waals surface area contributed by atoms with E-state index in [1.165, 1.54) is 48.8 Å². The third-order valence-corrected chi connectivity index (χ3v) is 4.32. The number of benzene rings is 1. The van der Waals surface area contributed by atoms with E-state index in [9.17, 15) is 4.79 Å². The van der Waals surface area contributed by atoms with E-state index < -0.39 is 5.60 Å². The van der Waals surface area contributed by atoms with Crippen molar-refractivity contribution in [2.45, 2.75) is 84.8 Å². The van der Waals surface area contributed by atoms with Gasteiger partial charge in [0.2, 0.25) is 0 Å². The molecule has 0 fully saturated rings. The molecule has 5 heteroatoms. The maximum atomic E-state index is 11.9. The number of aryl methyl sites for hydroxylation is 1. The van der Waals surface area contributed by atoms with Gasteiger partial charge in [0.05, 0.1) is 6.20 Å². The molecule has 0 radical (unpaired) electrons. The molecule has 1 aromatic carbocycles. The summed E-state index contributed by atoms with van der Waals surface area (Å²) in [5.74, 6) is -0.312. The van der Waals surface area contributed by atoms with Gasteiger partial charge in [-0.05, 0) is 39.2 Å². The third kappa shape index (κ3) is 7.94. The zero-order valence-corrected chi connectivity index (χ0v) is 17.2. The Labute approximate surface area is 163 Å². The summed E-state index contributed by atoms with van der Waals surface area (Å²) < 4.78 is 6.83. The fraction of sp³-hybridized carbons (Fsp3) is 0.591. The first-order chi connectivity index (χ1) is 12.9. The second-order valence-electron chi connectivity index (χ2n) is 8.10. The van der Waals surface area contributed by atoms with Crippen LogP contribution in [0.25, 0.3) is 11.3 Å². The zero-order chi connectivity index (χ0) is 19.7. The molecule has 2 rings (SSSR count). The Balaban J connectivity index is 1.83. The van der Waals surface area contributed by atoms with Crippen molar-refractivity contribution in [3.63, 3.8) is 0 Å². The monoisotopic (exact) mass is 371 g/mol. The van der Waals surface area contributed by atoms with Gasteiger partial charge >= 0.3 is 5.97 Å². The molecule has 0 atom stereocenters. The average Bonchev–Trinajstić information content (AvgIpc) is 3.05. The van der Waals surface area contributed by atoms with Gasteiger partial charge in [-0.1, -0.05) is 68.5 Å². The van der Waals surface area contributed by atoms with Crippen molar-refractivity contribution in [3.05, 3.63) is 36.0 Å². The van der Waals surface area contributed by atoms with E-state index in [-0.39, 0.29) is 12.5 Å². The summed E-state index contributed by atoms with van der Waals surface area (Å²) in [7, 11) is 0. The lowest BCUT2D eigenvalue weighted by Crippen LogP contribution is -2.26. The number of rotatable bonds is 10. The van der Waals surface area contributed by atoms with Crippen molar-refractivity contribution >= 4 is 5.97 Å². The molecule has 0 saturated carbocycles. The van der Waals surface area contributed by atoms with Crippen LogP contribution in [0, 0.1) is 0 Å². The minimum Gasteiger partial charge on any atom is -0.459 e. The van der Waals surface area contributed by atoms with Crippen LogP contribution in [-0.2, 0) is 22.5 Å². The molecule has 27 heavy (non-hydrogen) atoms. The van der Waals surface area contributed by atoms with Crippen LogP contribution in [0.3, 0.4) is 0 Å². The van der Waals surface area contributed by atoms with E-state index in [0.717, 1.165) is 17.7 Å². The maximum Gasteiger partial charge on any atom is 0.328 e. The van der Waals surface area contributed by atoms with Crippen molar-refractivity contribution in [2.75, 3.05) is 0 Å². The predicted octanol–water partition coefficient (Wildman–Crippen LogP) is 5.19. The van der Waals surface area contributed by atoms with Crippen LogP contribution in [0.5, 0.6) is 0 Å². The van der Waals surface area contributed by atoms with Crippen LogP contribution in [0.2, 0.25) is 0 Å². The quantitative estimate of drug-likeness (QED) is 0.426. The van der Waals surface area contributed by atoms with Gasteiger partial charge in [-0.3, -0.25) is 4.79 Å². The first-order valence-electron chi connectivity index (χ1n) is 10.1. The van der Waals surface area contributed by atoms with Gasteiger partial charge in [-0.25, -0.2) is 4.68 Å². The molecule has 148 valence electrons. The first-order valence-corrected chi connectivity index (χ1v) is 10.1. The molecule has 0 spiro atoms. The number of ether oxygens (including phenoxy) is 1. The zero-order valence-electron chi connectivity index (χ0n) is 17.2. The number of nitrogens with zero attached hydrogens (tertiary/aromatic N) is 3. The van der Waals surface area contributed by atoms with Crippen LogP contribution >= 0.6 is 0 Å². The van der Waals surface area contributed by atoms with Gasteiger partial charge in [0.25, 0.3) is 0 Å². The van der Waals surface area contributed by atoms with Gasteiger partial charge in [0.1, 0.15) is 17.8 Å². The van der Waals surface area contributed by atoms with Gasteiger partial charge in [0.15, 0.2) is 0 Å². The molecule has 0 aliphatic carbocycles. The van der Waals surface area contributed by atoms with Crippen LogP contribution in [-0.4, -0.2) is 26.6 Å². The Morgan fingerprint density at radius 3 is 2.37 bits per heavy atom. The molecule has 0 unspecified atom stereocenters. The van der Waals surface area contributed by atoms with Crippen molar-refractivity contribution in [3.8, 4) is 11.3 Å². The summed E-state index contributed by atoms with van der Waals surface area (Å²) >= 11 is 0. The predicted molar refractivity (Wildman–Crippen MR) is 108 cm³/mol. The Hall–Kier alpha value is -2.17. The Morgan fingerprint density at radius 2 is 1.70 bits per heavy atom. The van der Waals surface area contributed by atoms with Gasteiger partial charge in [-0.2, -0.15) is 0 Å². The summed E-state index contributed by atoms with van der Waals surface area (Å²) in [6.45, 7) is 7.87. The molecule has 1 heterocycles. The highest BCUT2D eigenvalue weighted by Crippen LogP contribution is 2.18. The molecule has 5 nitrogen and oxygen atoms in total. The molecule has 0 aliphatic heterocycles. The van der Waals surface area contributed by atoms with Gasteiger partial charge in [-0.15, -0.1) is 5.10 Å². The fourth-order valence-corrected chi connectivity index (χ4v) is 2.97. The second kappa shape index (κ2) is 10.2. The highest BCUT2D eigenvalue weighted by atomic mass is 16.6. The van der Waals surface area contributed by atoms with Crippen LogP contribution < -0.4 is 0 Å². The first kappa shape index (κ1) is 21.1. The van der Waals surface area contributed by atoms with E-state index >= 15 is 0 Å². The number of unbranched alkanes of at least 4 members (excludes halogenated alkanes) is 5.